The Labute approximate surface area is 131 Å². The number of urea groups is 1. The molecule has 2 aliphatic rings. The lowest BCUT2D eigenvalue weighted by Gasteiger charge is -2.32. The predicted octanol–water partition coefficient (Wildman–Crippen LogP) is 2.88. The van der Waals surface area contributed by atoms with Gasteiger partial charge in [-0.1, -0.05) is 31.4 Å². The average molecular weight is 304 g/mol. The first-order valence-electron chi connectivity index (χ1n) is 8.16. The van der Waals surface area contributed by atoms with Crippen molar-refractivity contribution >= 4 is 17.8 Å². The molecule has 0 atom stereocenters. The summed E-state index contributed by atoms with van der Waals surface area (Å²) in [6.45, 7) is 4.00. The smallest absolute Gasteiger partial charge is 0.268 e. The Morgan fingerprint density at radius 3 is 2.00 bits per heavy atom. The average Bonchev–Trinajstić information content (AvgIpc) is 2.52. The van der Waals surface area contributed by atoms with Crippen LogP contribution in [0.15, 0.2) is 23.8 Å². The molecule has 2 rings (SSSR count). The summed E-state index contributed by atoms with van der Waals surface area (Å²) in [4.78, 5) is 38.8. The third kappa shape index (κ3) is 3.29. The van der Waals surface area contributed by atoms with E-state index < -0.39 is 17.8 Å². The Kier molecular flexibility index (Phi) is 5.52. The SMILES string of the molecule is CCN1C(=O)C(=C/C=C/C2CCCCC2)C(=O)N(CC)C1=O. The van der Waals surface area contributed by atoms with E-state index in [0.29, 0.717) is 5.92 Å². The zero-order valence-electron chi connectivity index (χ0n) is 13.4. The number of likely N-dealkylation sites (N-methyl/N-ethyl adjacent to an activating group) is 2. The molecule has 1 aliphatic carbocycles. The van der Waals surface area contributed by atoms with Crippen LogP contribution in [0.5, 0.6) is 0 Å². The minimum atomic E-state index is -0.520. The van der Waals surface area contributed by atoms with Crippen LogP contribution in [0.3, 0.4) is 0 Å². The number of imide groups is 2. The highest BCUT2D eigenvalue weighted by Crippen LogP contribution is 2.25. The van der Waals surface area contributed by atoms with Gasteiger partial charge in [0, 0.05) is 13.1 Å². The highest BCUT2D eigenvalue weighted by Gasteiger charge is 2.39. The molecular weight excluding hydrogens is 280 g/mol. The van der Waals surface area contributed by atoms with Crippen molar-refractivity contribution in [2.24, 2.45) is 5.92 Å². The van der Waals surface area contributed by atoms with E-state index in [-0.39, 0.29) is 18.7 Å². The third-order valence-electron chi connectivity index (χ3n) is 4.34. The van der Waals surface area contributed by atoms with Crippen LogP contribution in [0.4, 0.5) is 4.79 Å². The summed E-state index contributed by atoms with van der Waals surface area (Å²) in [6, 6.07) is -0.520. The van der Waals surface area contributed by atoms with Crippen molar-refractivity contribution < 1.29 is 14.4 Å². The van der Waals surface area contributed by atoms with E-state index in [4.69, 9.17) is 0 Å². The second-order valence-corrected chi connectivity index (χ2v) is 5.74. The van der Waals surface area contributed by atoms with Crippen molar-refractivity contribution in [2.45, 2.75) is 46.0 Å². The first-order valence-corrected chi connectivity index (χ1v) is 8.16. The molecule has 1 heterocycles. The predicted molar refractivity (Wildman–Crippen MR) is 84.0 cm³/mol. The Bertz CT molecular complexity index is 488. The monoisotopic (exact) mass is 304 g/mol. The molecule has 2 fully saturated rings. The van der Waals surface area contributed by atoms with Gasteiger partial charge in [0.25, 0.3) is 11.8 Å². The van der Waals surface area contributed by atoms with Gasteiger partial charge in [-0.25, -0.2) is 4.79 Å². The lowest BCUT2D eigenvalue weighted by Crippen LogP contribution is -2.56. The number of allylic oxidation sites excluding steroid dienone is 3. The number of amides is 4. The molecule has 0 aromatic carbocycles. The van der Waals surface area contributed by atoms with Gasteiger partial charge in [-0.15, -0.1) is 0 Å². The summed E-state index contributed by atoms with van der Waals surface area (Å²) in [7, 11) is 0. The van der Waals surface area contributed by atoms with Crippen LogP contribution in [0, 0.1) is 5.92 Å². The van der Waals surface area contributed by atoms with Crippen LogP contribution in [-0.2, 0) is 9.59 Å². The largest absolute Gasteiger partial charge is 0.333 e. The summed E-state index contributed by atoms with van der Waals surface area (Å²) in [5, 5.41) is 0. The number of carbonyl (C=O) groups excluding carboxylic acids is 3. The van der Waals surface area contributed by atoms with E-state index in [1.165, 1.54) is 32.1 Å². The van der Waals surface area contributed by atoms with E-state index in [9.17, 15) is 14.4 Å². The van der Waals surface area contributed by atoms with Gasteiger partial charge in [0.15, 0.2) is 0 Å². The van der Waals surface area contributed by atoms with Crippen LogP contribution < -0.4 is 0 Å². The summed E-state index contributed by atoms with van der Waals surface area (Å²) in [5.41, 5.74) is 0.0790. The van der Waals surface area contributed by atoms with E-state index in [0.717, 1.165) is 9.80 Å². The first kappa shape index (κ1) is 16.5. The zero-order valence-corrected chi connectivity index (χ0v) is 13.4. The number of nitrogens with zero attached hydrogens (tertiary/aromatic N) is 2. The third-order valence-corrected chi connectivity index (χ3v) is 4.34. The summed E-state index contributed by atoms with van der Waals surface area (Å²) in [6.07, 6.45) is 11.6. The Hall–Kier alpha value is -1.91. The van der Waals surface area contributed by atoms with E-state index >= 15 is 0 Å². The molecule has 1 saturated heterocycles. The molecular formula is C17H24N2O3. The van der Waals surface area contributed by atoms with Gasteiger partial charge in [-0.3, -0.25) is 19.4 Å². The van der Waals surface area contributed by atoms with Crippen molar-refractivity contribution in [3.8, 4) is 0 Å². The molecule has 0 aromatic heterocycles. The second-order valence-electron chi connectivity index (χ2n) is 5.74. The maximum Gasteiger partial charge on any atom is 0.333 e. The lowest BCUT2D eigenvalue weighted by atomic mass is 9.89. The molecule has 5 heteroatoms. The summed E-state index contributed by atoms with van der Waals surface area (Å²) >= 11 is 0. The molecule has 5 nitrogen and oxygen atoms in total. The fraction of sp³-hybridized carbons (Fsp3) is 0.588. The maximum absolute atomic E-state index is 12.3. The Balaban J connectivity index is 2.17. The minimum absolute atomic E-state index is 0.0790. The number of hydrogen-bond donors (Lipinski definition) is 0. The molecule has 0 spiro atoms. The zero-order chi connectivity index (χ0) is 16.1. The van der Waals surface area contributed by atoms with Crippen molar-refractivity contribution in [3.05, 3.63) is 23.8 Å². The van der Waals surface area contributed by atoms with Crippen molar-refractivity contribution in [1.82, 2.24) is 9.80 Å². The van der Waals surface area contributed by atoms with Crippen LogP contribution in [0.1, 0.15) is 46.0 Å². The molecule has 1 aliphatic heterocycles. The molecule has 0 unspecified atom stereocenters. The van der Waals surface area contributed by atoms with Crippen molar-refractivity contribution in [3.63, 3.8) is 0 Å². The van der Waals surface area contributed by atoms with Crippen LogP contribution in [0.25, 0.3) is 0 Å². The second kappa shape index (κ2) is 7.38. The molecule has 0 bridgehead atoms. The molecule has 22 heavy (non-hydrogen) atoms. The van der Waals surface area contributed by atoms with Gasteiger partial charge >= 0.3 is 6.03 Å². The molecule has 4 amide bonds. The van der Waals surface area contributed by atoms with Gasteiger partial charge < -0.3 is 0 Å². The van der Waals surface area contributed by atoms with Crippen molar-refractivity contribution in [2.75, 3.05) is 13.1 Å². The lowest BCUT2D eigenvalue weighted by molar-refractivity contribution is -0.135. The minimum Gasteiger partial charge on any atom is -0.268 e. The van der Waals surface area contributed by atoms with Gasteiger partial charge in [0.1, 0.15) is 5.57 Å². The fourth-order valence-corrected chi connectivity index (χ4v) is 3.04. The quantitative estimate of drug-likeness (QED) is 0.593. The summed E-state index contributed by atoms with van der Waals surface area (Å²) in [5.74, 6) is -0.448. The molecule has 120 valence electrons. The van der Waals surface area contributed by atoms with Gasteiger partial charge in [0.05, 0.1) is 0 Å². The van der Waals surface area contributed by atoms with Crippen LogP contribution >= 0.6 is 0 Å². The van der Waals surface area contributed by atoms with E-state index in [1.54, 1.807) is 26.0 Å². The molecule has 1 saturated carbocycles. The topological polar surface area (TPSA) is 57.7 Å². The van der Waals surface area contributed by atoms with Crippen LogP contribution in [-0.4, -0.2) is 40.7 Å². The fourth-order valence-electron chi connectivity index (χ4n) is 3.04. The van der Waals surface area contributed by atoms with Gasteiger partial charge in [-0.05, 0) is 38.7 Å². The Morgan fingerprint density at radius 1 is 0.955 bits per heavy atom. The highest BCUT2D eigenvalue weighted by molar-refractivity contribution is 6.28. The van der Waals surface area contributed by atoms with Gasteiger partial charge in [-0.2, -0.15) is 0 Å². The number of carbonyl (C=O) groups is 3. The van der Waals surface area contributed by atoms with Crippen molar-refractivity contribution in [1.29, 1.82) is 0 Å². The first-order chi connectivity index (χ1) is 10.6. The normalized spacial score (nSPS) is 21.2. The number of barbiturate groups is 1. The molecule has 0 aromatic rings. The van der Waals surface area contributed by atoms with Gasteiger partial charge in [0.2, 0.25) is 0 Å². The standard InChI is InChI=1S/C17H24N2O3/c1-3-18-15(20)14(16(21)19(4-2)17(18)22)12-8-11-13-9-6-5-7-10-13/h8,11-13H,3-7,9-10H2,1-2H3/b11-8+. The number of rotatable bonds is 4. The van der Waals surface area contributed by atoms with E-state index in [1.807, 2.05) is 0 Å². The maximum atomic E-state index is 12.3. The van der Waals surface area contributed by atoms with Crippen LogP contribution in [0.2, 0.25) is 0 Å². The molecule has 0 N–H and O–H groups in total. The highest BCUT2D eigenvalue weighted by atomic mass is 16.2. The Morgan fingerprint density at radius 2 is 1.50 bits per heavy atom. The number of hydrogen-bond acceptors (Lipinski definition) is 3. The van der Waals surface area contributed by atoms with E-state index in [2.05, 4.69) is 6.08 Å². The summed E-state index contributed by atoms with van der Waals surface area (Å²) < 4.78 is 0. The molecule has 0 radical (unpaired) electrons.